The van der Waals surface area contributed by atoms with E-state index in [4.69, 9.17) is 9.47 Å². The Morgan fingerprint density at radius 3 is 2.41 bits per heavy atom. The molecule has 122 valence electrons. The molecule has 0 radical (unpaired) electrons. The zero-order chi connectivity index (χ0) is 16.9. The van der Waals surface area contributed by atoms with Crippen molar-refractivity contribution in [3.05, 3.63) is 29.3 Å². The molecule has 0 aliphatic carbocycles. The van der Waals surface area contributed by atoms with E-state index in [1.165, 1.54) is 26.0 Å². The van der Waals surface area contributed by atoms with Crippen LogP contribution in [0.25, 0.3) is 0 Å². The number of phenols is 1. The van der Waals surface area contributed by atoms with Gasteiger partial charge in [-0.05, 0) is 18.6 Å². The normalized spacial score (nSPS) is 13.5. The molecule has 0 heterocycles. The summed E-state index contributed by atoms with van der Waals surface area (Å²) in [6, 6.07) is 4.53. The van der Waals surface area contributed by atoms with Crippen LogP contribution in [0.5, 0.6) is 5.75 Å². The van der Waals surface area contributed by atoms with E-state index >= 15 is 0 Å². The molecule has 0 fully saturated rings. The number of aromatic hydroxyl groups is 1. The lowest BCUT2D eigenvalue weighted by Crippen LogP contribution is -2.30. The standard InChI is InChI=1S/C16H22O6/c1-10(2)15(19)22-9-16(4,20)13-6-5-12(7-14(13)18)8-21-11(3)17/h5-7,10,18,20H,8-9H2,1-4H3. The number of hydrogen-bond acceptors (Lipinski definition) is 6. The van der Waals surface area contributed by atoms with Gasteiger partial charge >= 0.3 is 11.9 Å². The number of aliphatic hydroxyl groups is 1. The van der Waals surface area contributed by atoms with Gasteiger partial charge in [-0.2, -0.15) is 0 Å². The van der Waals surface area contributed by atoms with Gasteiger partial charge in [-0.25, -0.2) is 0 Å². The summed E-state index contributed by atoms with van der Waals surface area (Å²) < 4.78 is 9.85. The largest absolute Gasteiger partial charge is 0.508 e. The molecule has 22 heavy (non-hydrogen) atoms. The second-order valence-electron chi connectivity index (χ2n) is 5.67. The van der Waals surface area contributed by atoms with E-state index in [0.29, 0.717) is 5.56 Å². The molecular weight excluding hydrogens is 288 g/mol. The van der Waals surface area contributed by atoms with Gasteiger partial charge in [-0.3, -0.25) is 9.59 Å². The first-order valence-corrected chi connectivity index (χ1v) is 6.98. The highest BCUT2D eigenvalue weighted by Crippen LogP contribution is 2.30. The zero-order valence-electron chi connectivity index (χ0n) is 13.3. The van der Waals surface area contributed by atoms with Crippen molar-refractivity contribution in [2.45, 2.75) is 39.9 Å². The number of esters is 2. The predicted octanol–water partition coefficient (Wildman–Crippen LogP) is 1.86. The Labute approximate surface area is 129 Å². The van der Waals surface area contributed by atoms with Crippen molar-refractivity contribution in [2.75, 3.05) is 6.61 Å². The van der Waals surface area contributed by atoms with Gasteiger partial charge < -0.3 is 19.7 Å². The van der Waals surface area contributed by atoms with Crippen molar-refractivity contribution in [2.24, 2.45) is 5.92 Å². The van der Waals surface area contributed by atoms with Gasteiger partial charge in [0.2, 0.25) is 0 Å². The van der Waals surface area contributed by atoms with Gasteiger partial charge in [0.05, 0.1) is 5.92 Å². The van der Waals surface area contributed by atoms with Crippen LogP contribution >= 0.6 is 0 Å². The zero-order valence-corrected chi connectivity index (χ0v) is 13.3. The van der Waals surface area contributed by atoms with Crippen LogP contribution in [0, 0.1) is 5.92 Å². The van der Waals surface area contributed by atoms with Crippen LogP contribution in [0.4, 0.5) is 0 Å². The Kier molecular flexibility index (Phi) is 5.93. The number of hydrogen-bond donors (Lipinski definition) is 2. The Hall–Kier alpha value is -2.08. The number of phenolic OH excluding ortho intramolecular Hbond substituents is 1. The summed E-state index contributed by atoms with van der Waals surface area (Å²) in [7, 11) is 0. The molecule has 0 bridgehead atoms. The van der Waals surface area contributed by atoms with Crippen LogP contribution in [0.15, 0.2) is 18.2 Å². The third-order valence-corrected chi connectivity index (χ3v) is 3.05. The fourth-order valence-corrected chi connectivity index (χ4v) is 1.76. The predicted molar refractivity (Wildman–Crippen MR) is 78.9 cm³/mol. The second-order valence-corrected chi connectivity index (χ2v) is 5.67. The summed E-state index contributed by atoms with van der Waals surface area (Å²) in [4.78, 5) is 22.2. The highest BCUT2D eigenvalue weighted by atomic mass is 16.5. The Morgan fingerprint density at radius 1 is 1.27 bits per heavy atom. The molecule has 0 amide bonds. The number of carbonyl (C=O) groups excluding carboxylic acids is 2. The smallest absolute Gasteiger partial charge is 0.308 e. The summed E-state index contributed by atoms with van der Waals surface area (Å²) in [5.41, 5.74) is -0.698. The fourth-order valence-electron chi connectivity index (χ4n) is 1.76. The van der Waals surface area contributed by atoms with Crippen molar-refractivity contribution >= 4 is 11.9 Å². The molecule has 0 aromatic heterocycles. The molecule has 0 aliphatic rings. The SMILES string of the molecule is CC(=O)OCc1ccc(C(C)(O)COC(=O)C(C)C)c(O)c1. The van der Waals surface area contributed by atoms with Crippen LogP contribution in [0.2, 0.25) is 0 Å². The molecule has 0 aliphatic heterocycles. The van der Waals surface area contributed by atoms with Crippen LogP contribution in [-0.4, -0.2) is 28.8 Å². The van der Waals surface area contributed by atoms with E-state index in [-0.39, 0.29) is 30.4 Å². The van der Waals surface area contributed by atoms with Crippen molar-refractivity contribution in [1.29, 1.82) is 0 Å². The molecule has 0 saturated heterocycles. The highest BCUT2D eigenvalue weighted by Gasteiger charge is 2.29. The van der Waals surface area contributed by atoms with E-state index in [0.717, 1.165) is 0 Å². The number of carbonyl (C=O) groups is 2. The number of ether oxygens (including phenoxy) is 2. The molecule has 6 nitrogen and oxygen atoms in total. The molecular formula is C16H22O6. The lowest BCUT2D eigenvalue weighted by molar-refractivity contribution is -0.155. The Bertz CT molecular complexity index is 548. The lowest BCUT2D eigenvalue weighted by atomic mass is 9.95. The summed E-state index contributed by atoms with van der Waals surface area (Å²) in [6.45, 7) is 5.90. The van der Waals surface area contributed by atoms with Crippen LogP contribution in [-0.2, 0) is 31.3 Å². The minimum Gasteiger partial charge on any atom is -0.508 e. The van der Waals surface area contributed by atoms with E-state index in [9.17, 15) is 19.8 Å². The van der Waals surface area contributed by atoms with Crippen molar-refractivity contribution < 1.29 is 29.3 Å². The van der Waals surface area contributed by atoms with Gasteiger partial charge in [0.15, 0.2) is 0 Å². The maximum atomic E-state index is 11.5. The van der Waals surface area contributed by atoms with Crippen LogP contribution < -0.4 is 0 Å². The average Bonchev–Trinajstić information content (AvgIpc) is 2.42. The fraction of sp³-hybridized carbons (Fsp3) is 0.500. The first kappa shape index (κ1) is 18.0. The second kappa shape index (κ2) is 7.26. The van der Waals surface area contributed by atoms with Crippen molar-refractivity contribution in [1.82, 2.24) is 0 Å². The van der Waals surface area contributed by atoms with Crippen molar-refractivity contribution in [3.8, 4) is 5.75 Å². The number of benzene rings is 1. The average molecular weight is 310 g/mol. The van der Waals surface area contributed by atoms with Gasteiger partial charge in [0.1, 0.15) is 24.6 Å². The molecule has 1 atom stereocenters. The molecule has 1 unspecified atom stereocenters. The van der Waals surface area contributed by atoms with E-state index in [1.54, 1.807) is 19.9 Å². The summed E-state index contributed by atoms with van der Waals surface area (Å²) in [5, 5.41) is 20.4. The van der Waals surface area contributed by atoms with Crippen LogP contribution in [0.3, 0.4) is 0 Å². The van der Waals surface area contributed by atoms with Crippen LogP contribution in [0.1, 0.15) is 38.8 Å². The third kappa shape index (κ3) is 5.04. The molecule has 2 N–H and O–H groups in total. The lowest BCUT2D eigenvalue weighted by Gasteiger charge is -2.25. The van der Waals surface area contributed by atoms with Gasteiger partial charge in [0, 0.05) is 12.5 Å². The summed E-state index contributed by atoms with van der Waals surface area (Å²) in [6.07, 6.45) is 0. The molecule has 6 heteroatoms. The quantitative estimate of drug-likeness (QED) is 0.779. The maximum Gasteiger partial charge on any atom is 0.308 e. The summed E-state index contributed by atoms with van der Waals surface area (Å²) >= 11 is 0. The maximum absolute atomic E-state index is 11.5. The monoisotopic (exact) mass is 310 g/mol. The third-order valence-electron chi connectivity index (χ3n) is 3.05. The van der Waals surface area contributed by atoms with E-state index < -0.39 is 17.5 Å². The first-order valence-electron chi connectivity index (χ1n) is 6.98. The number of rotatable bonds is 6. The molecule has 0 spiro atoms. The van der Waals surface area contributed by atoms with E-state index in [1.807, 2.05) is 0 Å². The molecule has 1 aromatic carbocycles. The topological polar surface area (TPSA) is 93.1 Å². The summed E-state index contributed by atoms with van der Waals surface area (Å²) in [5.74, 6) is -1.30. The molecule has 1 rings (SSSR count). The van der Waals surface area contributed by atoms with Gasteiger partial charge in [-0.15, -0.1) is 0 Å². The first-order chi connectivity index (χ1) is 10.1. The minimum atomic E-state index is -1.52. The van der Waals surface area contributed by atoms with Gasteiger partial charge in [-0.1, -0.05) is 26.0 Å². The molecule has 0 saturated carbocycles. The minimum absolute atomic E-state index is 0.0354. The Morgan fingerprint density at radius 2 is 1.91 bits per heavy atom. The highest BCUT2D eigenvalue weighted by molar-refractivity contribution is 5.71. The Balaban J connectivity index is 2.81. The van der Waals surface area contributed by atoms with Gasteiger partial charge in [0.25, 0.3) is 0 Å². The van der Waals surface area contributed by atoms with E-state index in [2.05, 4.69) is 0 Å². The van der Waals surface area contributed by atoms with Crippen molar-refractivity contribution in [3.63, 3.8) is 0 Å². The molecule has 1 aromatic rings.